The van der Waals surface area contributed by atoms with Crippen LogP contribution in [-0.2, 0) is 16.8 Å². The van der Waals surface area contributed by atoms with Gasteiger partial charge in [-0.05, 0) is 0 Å². The molecular formula is H8CoO4. The quantitative estimate of drug-likeness (QED) is 0.326. The van der Waals surface area contributed by atoms with Gasteiger partial charge in [-0.2, -0.15) is 0 Å². The molecule has 0 bridgehead atoms. The van der Waals surface area contributed by atoms with E-state index in [0.717, 1.165) is 0 Å². The third-order valence-electron chi connectivity index (χ3n) is 0. The van der Waals surface area contributed by atoms with Crippen LogP contribution in [0.5, 0.6) is 0 Å². The molecule has 0 unspecified atom stereocenters. The van der Waals surface area contributed by atoms with E-state index in [1.165, 1.54) is 0 Å². The van der Waals surface area contributed by atoms with E-state index in [-0.39, 0.29) is 38.7 Å². The van der Waals surface area contributed by atoms with Crippen molar-refractivity contribution in [2.45, 2.75) is 0 Å². The van der Waals surface area contributed by atoms with Crippen molar-refractivity contribution in [2.24, 2.45) is 0 Å². The molecule has 5 heavy (non-hydrogen) atoms. The van der Waals surface area contributed by atoms with Gasteiger partial charge in [0, 0.05) is 16.8 Å². The van der Waals surface area contributed by atoms with Crippen LogP contribution in [0.25, 0.3) is 0 Å². The summed E-state index contributed by atoms with van der Waals surface area (Å²) in [7, 11) is 0. The third kappa shape index (κ3) is 199. The SMILES string of the molecule is O.O.O.O.[Co]. The van der Waals surface area contributed by atoms with Crippen LogP contribution in [0.15, 0.2) is 0 Å². The molecule has 0 spiro atoms. The molecule has 41 valence electrons. The van der Waals surface area contributed by atoms with Gasteiger partial charge in [-0.3, -0.25) is 0 Å². The Morgan fingerprint density at radius 3 is 0.400 bits per heavy atom. The molecule has 0 saturated carbocycles. The molecule has 0 heterocycles. The fraction of sp³-hybridized carbons (Fsp3) is 0. The van der Waals surface area contributed by atoms with Crippen LogP contribution in [0, 0.1) is 0 Å². The zero-order valence-corrected chi connectivity index (χ0v) is 3.37. The predicted octanol–water partition coefficient (Wildman–Crippen LogP) is -3.30. The van der Waals surface area contributed by atoms with Crippen LogP contribution < -0.4 is 0 Å². The Bertz CT molecular complexity index is 3.61. The molecule has 0 saturated heterocycles. The summed E-state index contributed by atoms with van der Waals surface area (Å²) in [5.74, 6) is 0. The fourth-order valence-electron chi connectivity index (χ4n) is 0. The van der Waals surface area contributed by atoms with Crippen LogP contribution in [0.1, 0.15) is 0 Å². The van der Waals surface area contributed by atoms with E-state index >= 15 is 0 Å². The normalized spacial score (nSPS) is 0. The second kappa shape index (κ2) is 405. The van der Waals surface area contributed by atoms with E-state index in [4.69, 9.17) is 0 Å². The van der Waals surface area contributed by atoms with Gasteiger partial charge < -0.3 is 21.9 Å². The van der Waals surface area contributed by atoms with Gasteiger partial charge in [0.1, 0.15) is 0 Å². The molecule has 1 radical (unpaired) electrons. The summed E-state index contributed by atoms with van der Waals surface area (Å²) < 4.78 is 0. The van der Waals surface area contributed by atoms with Gasteiger partial charge in [0.2, 0.25) is 0 Å². The second-order valence-electron chi connectivity index (χ2n) is 0. The summed E-state index contributed by atoms with van der Waals surface area (Å²) >= 11 is 0. The number of rotatable bonds is 0. The largest absolute Gasteiger partial charge is 0.412 e. The maximum Gasteiger partial charge on any atom is 0 e. The van der Waals surface area contributed by atoms with Crippen LogP contribution >= 0.6 is 0 Å². The molecule has 0 aliphatic heterocycles. The first-order valence-corrected chi connectivity index (χ1v) is 0. The maximum absolute atomic E-state index is 0. The van der Waals surface area contributed by atoms with Crippen LogP contribution in [0.4, 0.5) is 0 Å². The van der Waals surface area contributed by atoms with Crippen molar-refractivity contribution in [1.29, 1.82) is 0 Å². The molecule has 0 aromatic rings. The molecule has 0 aromatic heterocycles. The molecule has 0 aliphatic rings. The van der Waals surface area contributed by atoms with Gasteiger partial charge >= 0.3 is 0 Å². The Morgan fingerprint density at radius 1 is 0.400 bits per heavy atom. The summed E-state index contributed by atoms with van der Waals surface area (Å²) in [5, 5.41) is 0. The van der Waals surface area contributed by atoms with Gasteiger partial charge in [0.15, 0.2) is 0 Å². The third-order valence-corrected chi connectivity index (χ3v) is 0. The van der Waals surface area contributed by atoms with Crippen LogP contribution in [-0.4, -0.2) is 21.9 Å². The van der Waals surface area contributed by atoms with E-state index in [2.05, 4.69) is 0 Å². The van der Waals surface area contributed by atoms with E-state index in [1.54, 1.807) is 0 Å². The number of hydrogen-bond acceptors (Lipinski definition) is 0. The molecule has 0 aliphatic carbocycles. The summed E-state index contributed by atoms with van der Waals surface area (Å²) in [6.07, 6.45) is 0. The van der Waals surface area contributed by atoms with Crippen molar-refractivity contribution in [3.63, 3.8) is 0 Å². The standard InChI is InChI=1S/Co.4H2O/h;4*1H2. The van der Waals surface area contributed by atoms with Gasteiger partial charge in [-0.25, -0.2) is 0 Å². The first-order valence-electron chi connectivity index (χ1n) is 0. The van der Waals surface area contributed by atoms with Crippen molar-refractivity contribution in [3.05, 3.63) is 0 Å². The minimum Gasteiger partial charge on any atom is -0.412 e. The second-order valence-corrected chi connectivity index (χ2v) is 0. The summed E-state index contributed by atoms with van der Waals surface area (Å²) in [5.41, 5.74) is 0. The van der Waals surface area contributed by atoms with Crippen molar-refractivity contribution >= 4 is 0 Å². The molecule has 0 atom stereocenters. The minimum atomic E-state index is 0. The monoisotopic (exact) mass is 131 g/mol. The van der Waals surface area contributed by atoms with Gasteiger partial charge in [0.05, 0.1) is 0 Å². The van der Waals surface area contributed by atoms with E-state index in [9.17, 15) is 0 Å². The maximum atomic E-state index is 0. The molecular weight excluding hydrogens is 123 g/mol. The Hall–Kier alpha value is 0.346. The Balaban J connectivity index is 0. The zero-order valence-electron chi connectivity index (χ0n) is 2.33. The fourth-order valence-corrected chi connectivity index (χ4v) is 0. The first kappa shape index (κ1) is 841. The zero-order chi connectivity index (χ0) is 0. The summed E-state index contributed by atoms with van der Waals surface area (Å²) in [4.78, 5) is 0. The van der Waals surface area contributed by atoms with E-state index < -0.39 is 0 Å². The van der Waals surface area contributed by atoms with Crippen molar-refractivity contribution in [2.75, 3.05) is 0 Å². The Kier molecular flexibility index (Phi) is 68200. The van der Waals surface area contributed by atoms with E-state index in [0.29, 0.717) is 0 Å². The predicted molar refractivity (Wildman–Crippen MR) is 14.5 cm³/mol. The van der Waals surface area contributed by atoms with Crippen molar-refractivity contribution in [1.82, 2.24) is 0 Å². The van der Waals surface area contributed by atoms with Crippen molar-refractivity contribution < 1.29 is 38.7 Å². The number of hydrogen-bond donors (Lipinski definition) is 0. The molecule has 5 heteroatoms. The molecule has 0 rings (SSSR count). The summed E-state index contributed by atoms with van der Waals surface area (Å²) in [6.45, 7) is 0. The van der Waals surface area contributed by atoms with Gasteiger partial charge in [-0.1, -0.05) is 0 Å². The molecule has 8 N–H and O–H groups in total. The Labute approximate surface area is 39.6 Å². The molecule has 0 aromatic carbocycles. The van der Waals surface area contributed by atoms with Gasteiger partial charge in [0.25, 0.3) is 0 Å². The minimum absolute atomic E-state index is 0. The topological polar surface area (TPSA) is 126 Å². The average Bonchev–Trinajstić information content (AvgIpc) is 0. The molecule has 0 fully saturated rings. The van der Waals surface area contributed by atoms with Gasteiger partial charge in [-0.15, -0.1) is 0 Å². The van der Waals surface area contributed by atoms with E-state index in [1.807, 2.05) is 0 Å². The van der Waals surface area contributed by atoms with Crippen LogP contribution in [0.3, 0.4) is 0 Å². The average molecular weight is 131 g/mol. The van der Waals surface area contributed by atoms with Crippen molar-refractivity contribution in [3.8, 4) is 0 Å². The smallest absolute Gasteiger partial charge is 0 e. The first-order chi connectivity index (χ1) is 0. The molecule has 4 nitrogen and oxygen atoms in total. The summed E-state index contributed by atoms with van der Waals surface area (Å²) in [6, 6.07) is 0. The Morgan fingerprint density at radius 2 is 0.400 bits per heavy atom. The molecule has 0 amide bonds. The van der Waals surface area contributed by atoms with Crippen LogP contribution in [0.2, 0.25) is 0 Å².